The van der Waals surface area contributed by atoms with Gasteiger partial charge >= 0.3 is 5.97 Å². The van der Waals surface area contributed by atoms with Gasteiger partial charge in [-0.05, 0) is 38.7 Å². The summed E-state index contributed by atoms with van der Waals surface area (Å²) in [6, 6.07) is 2.31. The van der Waals surface area contributed by atoms with Gasteiger partial charge in [0.1, 0.15) is 0 Å². The Labute approximate surface area is 109 Å². The van der Waals surface area contributed by atoms with Crippen molar-refractivity contribution in [1.82, 2.24) is 4.57 Å². The first-order chi connectivity index (χ1) is 8.54. The van der Waals surface area contributed by atoms with Crippen molar-refractivity contribution in [2.75, 3.05) is 0 Å². The number of hydrogen-bond donors (Lipinski definition) is 1. The van der Waals surface area contributed by atoms with Gasteiger partial charge in [-0.25, -0.2) is 4.79 Å². The van der Waals surface area contributed by atoms with E-state index in [1.165, 1.54) is 32.1 Å². The zero-order valence-corrected chi connectivity index (χ0v) is 11.6. The van der Waals surface area contributed by atoms with Crippen LogP contribution in [0.25, 0.3) is 0 Å². The molecule has 1 aliphatic rings. The molecule has 1 fully saturated rings. The fraction of sp³-hybridized carbons (Fsp3) is 0.667. The molecule has 0 saturated heterocycles. The molecule has 0 amide bonds. The largest absolute Gasteiger partial charge is 0.478 e. The van der Waals surface area contributed by atoms with E-state index in [0.717, 1.165) is 17.3 Å². The molecule has 0 bridgehead atoms. The van der Waals surface area contributed by atoms with E-state index in [4.69, 9.17) is 0 Å². The van der Waals surface area contributed by atoms with E-state index >= 15 is 0 Å². The molecule has 3 nitrogen and oxygen atoms in total. The lowest BCUT2D eigenvalue weighted by Crippen LogP contribution is -2.20. The van der Waals surface area contributed by atoms with E-state index in [9.17, 15) is 9.90 Å². The Hall–Kier alpha value is -1.25. The second-order valence-corrected chi connectivity index (χ2v) is 5.55. The second kappa shape index (κ2) is 5.17. The van der Waals surface area contributed by atoms with Crippen molar-refractivity contribution in [2.24, 2.45) is 5.92 Å². The van der Waals surface area contributed by atoms with Crippen molar-refractivity contribution in [3.63, 3.8) is 0 Å². The van der Waals surface area contributed by atoms with Crippen LogP contribution in [0.3, 0.4) is 0 Å². The third kappa shape index (κ3) is 2.31. The number of aromatic nitrogens is 1. The van der Waals surface area contributed by atoms with E-state index in [0.29, 0.717) is 11.6 Å². The van der Waals surface area contributed by atoms with Crippen molar-refractivity contribution < 1.29 is 9.90 Å². The van der Waals surface area contributed by atoms with Crippen molar-refractivity contribution in [2.45, 2.75) is 58.9 Å². The highest BCUT2D eigenvalue weighted by atomic mass is 16.4. The molecule has 18 heavy (non-hydrogen) atoms. The summed E-state index contributed by atoms with van der Waals surface area (Å²) in [6.07, 6.45) is 6.22. The Morgan fingerprint density at radius 2 is 2.17 bits per heavy atom. The SMILES string of the molecule is CCC1CCCC(n2c(C)cc(C(=O)O)c2C)C1. The number of carbonyl (C=O) groups is 1. The first-order valence-electron chi connectivity index (χ1n) is 6.96. The zero-order valence-electron chi connectivity index (χ0n) is 11.6. The molecule has 1 aromatic heterocycles. The molecular formula is C15H23NO2. The Kier molecular flexibility index (Phi) is 3.79. The second-order valence-electron chi connectivity index (χ2n) is 5.55. The van der Waals surface area contributed by atoms with Gasteiger partial charge in [0.2, 0.25) is 0 Å². The summed E-state index contributed by atoms with van der Waals surface area (Å²) >= 11 is 0. The Morgan fingerprint density at radius 1 is 1.44 bits per heavy atom. The van der Waals surface area contributed by atoms with Gasteiger partial charge in [-0.2, -0.15) is 0 Å². The summed E-state index contributed by atoms with van der Waals surface area (Å²) in [6.45, 7) is 6.21. The zero-order chi connectivity index (χ0) is 13.3. The topological polar surface area (TPSA) is 42.2 Å². The van der Waals surface area contributed by atoms with Gasteiger partial charge in [0.05, 0.1) is 5.56 Å². The summed E-state index contributed by atoms with van der Waals surface area (Å²) in [5, 5.41) is 9.19. The number of carboxylic acid groups (broad SMARTS) is 1. The molecule has 1 aliphatic carbocycles. The molecule has 0 spiro atoms. The van der Waals surface area contributed by atoms with Crippen LogP contribution in [-0.4, -0.2) is 15.6 Å². The lowest BCUT2D eigenvalue weighted by molar-refractivity contribution is 0.0695. The van der Waals surface area contributed by atoms with Gasteiger partial charge in [-0.3, -0.25) is 0 Å². The van der Waals surface area contributed by atoms with Gasteiger partial charge in [-0.1, -0.05) is 26.2 Å². The van der Waals surface area contributed by atoms with Crippen molar-refractivity contribution >= 4 is 5.97 Å². The highest BCUT2D eigenvalue weighted by Crippen LogP contribution is 2.36. The van der Waals surface area contributed by atoms with Crippen LogP contribution in [0.15, 0.2) is 6.07 Å². The van der Waals surface area contributed by atoms with Crippen LogP contribution in [0, 0.1) is 19.8 Å². The molecule has 1 aromatic rings. The molecule has 2 rings (SSSR count). The van der Waals surface area contributed by atoms with Crippen LogP contribution in [0.5, 0.6) is 0 Å². The van der Waals surface area contributed by atoms with Crippen LogP contribution in [0.4, 0.5) is 0 Å². The van der Waals surface area contributed by atoms with Crippen LogP contribution < -0.4 is 0 Å². The number of aryl methyl sites for hydroxylation is 1. The molecule has 100 valence electrons. The molecule has 0 radical (unpaired) electrons. The molecule has 0 aromatic carbocycles. The van der Waals surface area contributed by atoms with E-state index in [-0.39, 0.29) is 0 Å². The minimum Gasteiger partial charge on any atom is -0.478 e. The number of rotatable bonds is 3. The smallest absolute Gasteiger partial charge is 0.337 e. The molecule has 1 N–H and O–H groups in total. The highest BCUT2D eigenvalue weighted by molar-refractivity contribution is 5.89. The highest BCUT2D eigenvalue weighted by Gasteiger charge is 2.25. The average Bonchev–Trinajstić information content (AvgIpc) is 2.65. The summed E-state index contributed by atoms with van der Waals surface area (Å²) < 4.78 is 2.26. The van der Waals surface area contributed by atoms with Gasteiger partial charge < -0.3 is 9.67 Å². The molecule has 0 aliphatic heterocycles. The van der Waals surface area contributed by atoms with Crippen LogP contribution in [0.2, 0.25) is 0 Å². The third-order valence-electron chi connectivity index (χ3n) is 4.41. The van der Waals surface area contributed by atoms with E-state index in [2.05, 4.69) is 11.5 Å². The number of nitrogens with zero attached hydrogens (tertiary/aromatic N) is 1. The first-order valence-corrected chi connectivity index (χ1v) is 6.96. The van der Waals surface area contributed by atoms with Gasteiger partial charge in [0, 0.05) is 17.4 Å². The Bertz CT molecular complexity index is 448. The molecule has 1 heterocycles. The number of carboxylic acids is 1. The maximum atomic E-state index is 11.2. The molecule has 2 unspecified atom stereocenters. The maximum absolute atomic E-state index is 11.2. The lowest BCUT2D eigenvalue weighted by atomic mass is 9.84. The van der Waals surface area contributed by atoms with Crippen LogP contribution in [0.1, 0.15) is 66.8 Å². The predicted molar refractivity (Wildman–Crippen MR) is 72.2 cm³/mol. The maximum Gasteiger partial charge on any atom is 0.337 e. The Morgan fingerprint density at radius 3 is 2.72 bits per heavy atom. The van der Waals surface area contributed by atoms with Gasteiger partial charge in [0.15, 0.2) is 0 Å². The molecule has 1 saturated carbocycles. The number of hydrogen-bond acceptors (Lipinski definition) is 1. The first kappa shape index (κ1) is 13.2. The minimum absolute atomic E-state index is 0.464. The summed E-state index contributed by atoms with van der Waals surface area (Å²) in [5.41, 5.74) is 2.47. The summed E-state index contributed by atoms with van der Waals surface area (Å²) in [7, 11) is 0. The van der Waals surface area contributed by atoms with E-state index in [1.807, 2.05) is 19.9 Å². The van der Waals surface area contributed by atoms with E-state index in [1.54, 1.807) is 0 Å². The van der Waals surface area contributed by atoms with Gasteiger partial charge in [-0.15, -0.1) is 0 Å². The fourth-order valence-electron chi connectivity index (χ4n) is 3.42. The van der Waals surface area contributed by atoms with Crippen molar-refractivity contribution in [1.29, 1.82) is 0 Å². The standard InChI is InChI=1S/C15H23NO2/c1-4-12-6-5-7-13(9-12)16-10(2)8-14(11(16)3)15(17)18/h8,12-13H,4-7,9H2,1-3H3,(H,17,18). The quantitative estimate of drug-likeness (QED) is 0.881. The average molecular weight is 249 g/mol. The normalized spacial score (nSPS) is 24.2. The predicted octanol–water partition coefficient (Wildman–Crippen LogP) is 3.94. The minimum atomic E-state index is -0.808. The summed E-state index contributed by atoms with van der Waals surface area (Å²) in [5.74, 6) is -0.00423. The van der Waals surface area contributed by atoms with Gasteiger partial charge in [0.25, 0.3) is 0 Å². The van der Waals surface area contributed by atoms with E-state index < -0.39 is 5.97 Å². The van der Waals surface area contributed by atoms with Crippen molar-refractivity contribution in [3.8, 4) is 0 Å². The van der Waals surface area contributed by atoms with Crippen LogP contribution >= 0.6 is 0 Å². The molecule has 2 atom stereocenters. The Balaban J connectivity index is 2.30. The molecule has 3 heteroatoms. The molecular weight excluding hydrogens is 226 g/mol. The van der Waals surface area contributed by atoms with Crippen molar-refractivity contribution in [3.05, 3.63) is 23.0 Å². The van der Waals surface area contributed by atoms with Crippen LogP contribution in [-0.2, 0) is 0 Å². The fourth-order valence-corrected chi connectivity index (χ4v) is 3.42. The monoisotopic (exact) mass is 249 g/mol. The third-order valence-corrected chi connectivity index (χ3v) is 4.41. The summed E-state index contributed by atoms with van der Waals surface area (Å²) in [4.78, 5) is 11.2. The lowest BCUT2D eigenvalue weighted by Gasteiger charge is -2.31. The number of aromatic carboxylic acids is 1.